The van der Waals surface area contributed by atoms with Crippen molar-refractivity contribution in [3.63, 3.8) is 0 Å². The van der Waals surface area contributed by atoms with E-state index in [1.807, 2.05) is 44.5 Å². The van der Waals surface area contributed by atoms with E-state index in [1.165, 1.54) is 0 Å². The van der Waals surface area contributed by atoms with E-state index < -0.39 is 20.5 Å². The highest BCUT2D eigenvalue weighted by Crippen LogP contribution is 2.36. The molecule has 0 radical (unpaired) electrons. The van der Waals surface area contributed by atoms with Crippen LogP contribution in [-0.4, -0.2) is 36.6 Å². The Balaban J connectivity index is 1.75. The number of hydrogen-bond donors (Lipinski definition) is 1. The Hall–Kier alpha value is -2.55. The molecule has 0 aliphatic heterocycles. The number of aromatic nitrogens is 2. The van der Waals surface area contributed by atoms with Crippen LogP contribution in [0.1, 0.15) is 26.3 Å². The minimum absolute atomic E-state index is 0.394. The summed E-state index contributed by atoms with van der Waals surface area (Å²) in [6.07, 6.45) is 3.01. The normalized spacial score (nSPS) is 11.8. The molecule has 1 aromatic carbocycles. The van der Waals surface area contributed by atoms with Gasteiger partial charge in [0.25, 0.3) is 0 Å². The summed E-state index contributed by atoms with van der Waals surface area (Å²) in [5, 5.41) is 4.05. The summed E-state index contributed by atoms with van der Waals surface area (Å²) in [5.74, 6) is 1.22. The number of nitrogens with one attached hydrogen (secondary N) is 1. The Morgan fingerprint density at radius 1 is 1.24 bits per heavy atom. The standard InChI is InChI=1S/C24H32ClN3O4Si/c1-16-13-17(7-8-19(16)27-23(29)32-24(2,3)4)31-20-9-10-26-22-21(20)18(25)14-28(22)15-30-11-12-33(5)6/h7-10,13-14,33H,11-12,15H2,1-6H3,(H,27,29). The number of ether oxygens (including phenoxy) is 3. The highest BCUT2D eigenvalue weighted by Gasteiger charge is 2.18. The number of carbonyl (C=O) groups is 1. The molecule has 3 rings (SSSR count). The van der Waals surface area contributed by atoms with Crippen LogP contribution in [0.3, 0.4) is 0 Å². The number of benzene rings is 1. The van der Waals surface area contributed by atoms with Crippen molar-refractivity contribution in [3.8, 4) is 11.5 Å². The van der Waals surface area contributed by atoms with Gasteiger partial charge in [0.1, 0.15) is 29.5 Å². The fourth-order valence-electron chi connectivity index (χ4n) is 3.18. The SMILES string of the molecule is Cc1cc(Oc2ccnc3c2c(Cl)cn3COCC[SiH](C)C)ccc1NC(=O)OC(C)(C)C. The largest absolute Gasteiger partial charge is 0.456 e. The van der Waals surface area contributed by atoms with E-state index >= 15 is 0 Å². The number of anilines is 1. The highest BCUT2D eigenvalue weighted by atomic mass is 35.5. The lowest BCUT2D eigenvalue weighted by molar-refractivity contribution is 0.0635. The second-order valence-corrected chi connectivity index (χ2v) is 13.2. The number of pyridine rings is 1. The zero-order valence-corrected chi connectivity index (χ0v) is 22.0. The van der Waals surface area contributed by atoms with Crippen LogP contribution in [0.4, 0.5) is 10.5 Å². The van der Waals surface area contributed by atoms with E-state index in [0.717, 1.165) is 23.6 Å². The van der Waals surface area contributed by atoms with Crippen LogP contribution >= 0.6 is 11.6 Å². The van der Waals surface area contributed by atoms with E-state index in [0.29, 0.717) is 34.6 Å². The number of rotatable bonds is 8. The molecule has 0 aliphatic carbocycles. The number of halogens is 1. The molecule has 178 valence electrons. The Labute approximate surface area is 201 Å². The van der Waals surface area contributed by atoms with Gasteiger partial charge < -0.3 is 18.8 Å². The predicted molar refractivity (Wildman–Crippen MR) is 135 cm³/mol. The minimum atomic E-state index is -0.641. The second-order valence-electron chi connectivity index (χ2n) is 9.38. The van der Waals surface area contributed by atoms with Crippen LogP contribution in [0, 0.1) is 6.92 Å². The summed E-state index contributed by atoms with van der Waals surface area (Å²) < 4.78 is 19.2. The van der Waals surface area contributed by atoms with Crippen LogP contribution in [0.15, 0.2) is 36.7 Å². The van der Waals surface area contributed by atoms with Gasteiger partial charge in [-0.2, -0.15) is 0 Å². The van der Waals surface area contributed by atoms with Gasteiger partial charge >= 0.3 is 6.09 Å². The first-order chi connectivity index (χ1) is 15.5. The molecule has 0 aliphatic rings. The van der Waals surface area contributed by atoms with Crippen LogP contribution in [-0.2, 0) is 16.2 Å². The van der Waals surface area contributed by atoms with Gasteiger partial charge in [0.05, 0.1) is 10.4 Å². The van der Waals surface area contributed by atoms with E-state index in [2.05, 4.69) is 23.4 Å². The minimum Gasteiger partial charge on any atom is -0.456 e. The molecule has 7 nitrogen and oxygen atoms in total. The Morgan fingerprint density at radius 2 is 2.00 bits per heavy atom. The molecule has 3 aromatic rings. The molecule has 0 unspecified atom stereocenters. The number of amides is 1. The third kappa shape index (κ3) is 6.96. The van der Waals surface area contributed by atoms with E-state index in [-0.39, 0.29) is 0 Å². The van der Waals surface area contributed by atoms with E-state index in [9.17, 15) is 4.79 Å². The van der Waals surface area contributed by atoms with Gasteiger partial charge in [-0.3, -0.25) is 5.32 Å². The molecule has 2 heterocycles. The lowest BCUT2D eigenvalue weighted by Crippen LogP contribution is -2.27. The Bertz CT molecular complexity index is 1120. The maximum Gasteiger partial charge on any atom is 0.412 e. The van der Waals surface area contributed by atoms with Crippen LogP contribution in [0.5, 0.6) is 11.5 Å². The Kier molecular flexibility index (Phi) is 8.04. The van der Waals surface area contributed by atoms with Gasteiger partial charge in [-0.1, -0.05) is 24.7 Å². The fourth-order valence-corrected chi connectivity index (χ4v) is 4.12. The molecule has 0 spiro atoms. The summed E-state index contributed by atoms with van der Waals surface area (Å²) in [6, 6.07) is 8.34. The fraction of sp³-hybridized carbons (Fsp3) is 0.417. The summed E-state index contributed by atoms with van der Waals surface area (Å²) in [7, 11) is -0.641. The van der Waals surface area contributed by atoms with Crippen molar-refractivity contribution in [2.75, 3.05) is 11.9 Å². The lowest BCUT2D eigenvalue weighted by atomic mass is 10.2. The molecule has 0 bridgehead atoms. The summed E-state index contributed by atoms with van der Waals surface area (Å²) in [4.78, 5) is 16.6. The van der Waals surface area contributed by atoms with Crippen molar-refractivity contribution in [1.82, 2.24) is 9.55 Å². The van der Waals surface area contributed by atoms with Crippen molar-refractivity contribution in [2.45, 2.75) is 59.2 Å². The van der Waals surface area contributed by atoms with Gasteiger partial charge in [0, 0.05) is 33.5 Å². The molecule has 0 saturated heterocycles. The van der Waals surface area contributed by atoms with Gasteiger partial charge in [0.15, 0.2) is 0 Å². The third-order valence-electron chi connectivity index (χ3n) is 4.80. The molecule has 33 heavy (non-hydrogen) atoms. The van der Waals surface area contributed by atoms with Crippen molar-refractivity contribution in [3.05, 3.63) is 47.2 Å². The number of carbonyl (C=O) groups excluding carboxylic acids is 1. The van der Waals surface area contributed by atoms with Crippen molar-refractivity contribution < 1.29 is 19.0 Å². The zero-order chi connectivity index (χ0) is 24.2. The predicted octanol–water partition coefficient (Wildman–Crippen LogP) is 6.60. The van der Waals surface area contributed by atoms with Crippen molar-refractivity contribution >= 4 is 43.2 Å². The van der Waals surface area contributed by atoms with Crippen LogP contribution in [0.25, 0.3) is 11.0 Å². The number of aryl methyl sites for hydroxylation is 1. The quantitative estimate of drug-likeness (QED) is 0.285. The maximum atomic E-state index is 12.1. The highest BCUT2D eigenvalue weighted by molar-refractivity contribution is 6.55. The van der Waals surface area contributed by atoms with Crippen LogP contribution < -0.4 is 10.1 Å². The van der Waals surface area contributed by atoms with Gasteiger partial charge in [-0.05, 0) is 63.6 Å². The molecular formula is C24H32ClN3O4Si. The topological polar surface area (TPSA) is 74.6 Å². The zero-order valence-electron chi connectivity index (χ0n) is 20.1. The van der Waals surface area contributed by atoms with Crippen LogP contribution in [0.2, 0.25) is 24.2 Å². The molecular weight excluding hydrogens is 458 g/mol. The average Bonchev–Trinajstić information content (AvgIpc) is 3.02. The molecule has 0 fully saturated rings. The average molecular weight is 490 g/mol. The van der Waals surface area contributed by atoms with Crippen molar-refractivity contribution in [1.29, 1.82) is 0 Å². The summed E-state index contributed by atoms with van der Waals surface area (Å²) >= 11 is 6.53. The lowest BCUT2D eigenvalue weighted by Gasteiger charge is -2.20. The summed E-state index contributed by atoms with van der Waals surface area (Å²) in [6.45, 7) is 13.1. The first-order valence-corrected chi connectivity index (χ1v) is 14.5. The molecule has 2 aromatic heterocycles. The second kappa shape index (κ2) is 10.6. The van der Waals surface area contributed by atoms with Crippen molar-refractivity contribution in [2.24, 2.45) is 0 Å². The molecule has 0 saturated carbocycles. The molecule has 1 N–H and O–H groups in total. The third-order valence-corrected chi connectivity index (χ3v) is 6.48. The smallest absolute Gasteiger partial charge is 0.412 e. The number of fused-ring (bicyclic) bond motifs is 1. The number of hydrogen-bond acceptors (Lipinski definition) is 5. The first-order valence-electron chi connectivity index (χ1n) is 11.0. The summed E-state index contributed by atoms with van der Waals surface area (Å²) in [5.41, 5.74) is 1.64. The van der Waals surface area contributed by atoms with E-state index in [4.69, 9.17) is 25.8 Å². The molecule has 9 heteroatoms. The maximum absolute atomic E-state index is 12.1. The number of nitrogens with zero attached hydrogens (tertiary/aromatic N) is 2. The monoisotopic (exact) mass is 489 g/mol. The first kappa shape index (κ1) is 25.1. The molecule has 0 atom stereocenters. The van der Waals surface area contributed by atoms with Gasteiger partial charge in [0.2, 0.25) is 0 Å². The van der Waals surface area contributed by atoms with E-state index in [1.54, 1.807) is 24.4 Å². The van der Waals surface area contributed by atoms with Gasteiger partial charge in [-0.25, -0.2) is 9.78 Å². The molecule has 1 amide bonds. The Morgan fingerprint density at radius 3 is 2.67 bits per heavy atom. The van der Waals surface area contributed by atoms with Gasteiger partial charge in [-0.15, -0.1) is 0 Å².